The Bertz CT molecular complexity index is 1440. The number of piperidine rings is 1. The van der Waals surface area contributed by atoms with Crippen molar-refractivity contribution in [1.29, 1.82) is 5.41 Å². The number of aromatic nitrogens is 1. The summed E-state index contributed by atoms with van der Waals surface area (Å²) in [5.41, 5.74) is 5.01. The van der Waals surface area contributed by atoms with Gasteiger partial charge in [0.25, 0.3) is 0 Å². The maximum atomic E-state index is 12.5. The summed E-state index contributed by atoms with van der Waals surface area (Å²) in [6.45, 7) is 14.6. The summed E-state index contributed by atoms with van der Waals surface area (Å²) in [6, 6.07) is 9.36. The van der Waals surface area contributed by atoms with E-state index < -0.39 is 0 Å². The fourth-order valence-corrected chi connectivity index (χ4v) is 7.01. The van der Waals surface area contributed by atoms with E-state index in [-0.39, 0.29) is 17.8 Å². The van der Waals surface area contributed by atoms with E-state index in [0.29, 0.717) is 29.8 Å². The summed E-state index contributed by atoms with van der Waals surface area (Å²) in [4.78, 5) is 30.6. The quantitative estimate of drug-likeness (QED) is 0.191. The number of carbonyl (C=O) groups is 1. The Hall–Kier alpha value is -3.93. The molecule has 3 aliphatic heterocycles. The Morgan fingerprint density at radius 3 is 2.30 bits per heavy atom. The maximum Gasteiger partial charge on any atom is 0.247 e. The predicted molar refractivity (Wildman–Crippen MR) is 182 cm³/mol. The molecule has 6 rings (SSSR count). The van der Waals surface area contributed by atoms with Crippen molar-refractivity contribution in [2.45, 2.75) is 64.1 Å². The van der Waals surface area contributed by atoms with Crippen molar-refractivity contribution in [3.05, 3.63) is 66.1 Å². The molecule has 1 amide bonds. The Balaban J connectivity index is 1.14. The number of allylic oxidation sites excluding steroid dienone is 1. The van der Waals surface area contributed by atoms with E-state index in [9.17, 15) is 4.79 Å². The first-order valence-electron chi connectivity index (χ1n) is 16.6. The molecule has 1 saturated carbocycles. The average Bonchev–Trinajstić information content (AvgIpc) is 3.81. The standard InChI is InChI=1S/C35H48N8O3/c1-5-35(44)39-29-21-30(38-34(36)20-25(3)43-31(12-19-46-43)26-7-6-24(2)37-23-26)33(45-4)22-32(29)42-13-10-28(11-14-42)41-17-15-40(16-18-41)27-8-9-27/h5-7,20-23,27-28,31H,1,8-19H2,2-4H3,(H2,36,38)(H,39,44)/b25-20+/t31-/m1/s1. The third-order valence-electron chi connectivity index (χ3n) is 9.69. The number of hydroxylamine groups is 2. The van der Waals surface area contributed by atoms with Crippen molar-refractivity contribution in [3.63, 3.8) is 0 Å². The van der Waals surface area contributed by atoms with E-state index in [1.54, 1.807) is 13.2 Å². The fraction of sp³-hybridized carbons (Fsp3) is 0.514. The van der Waals surface area contributed by atoms with Gasteiger partial charge < -0.3 is 20.3 Å². The number of piperazine rings is 1. The lowest BCUT2D eigenvalue weighted by atomic mass is 10.0. The van der Waals surface area contributed by atoms with Gasteiger partial charge in [0.05, 0.1) is 36.8 Å². The zero-order valence-corrected chi connectivity index (χ0v) is 27.4. The summed E-state index contributed by atoms with van der Waals surface area (Å²) < 4.78 is 5.81. The average molecular weight is 629 g/mol. The van der Waals surface area contributed by atoms with E-state index in [2.05, 4.69) is 43.0 Å². The predicted octanol–water partition coefficient (Wildman–Crippen LogP) is 4.94. The van der Waals surface area contributed by atoms with Crippen molar-refractivity contribution >= 4 is 28.8 Å². The van der Waals surface area contributed by atoms with Crippen LogP contribution in [0.1, 0.15) is 56.3 Å². The molecule has 46 heavy (non-hydrogen) atoms. The summed E-state index contributed by atoms with van der Waals surface area (Å²) in [5.74, 6) is 0.486. The van der Waals surface area contributed by atoms with Gasteiger partial charge in [-0.25, -0.2) is 0 Å². The van der Waals surface area contributed by atoms with Gasteiger partial charge in [-0.2, -0.15) is 0 Å². The number of amides is 1. The number of benzene rings is 1. The van der Waals surface area contributed by atoms with Crippen LogP contribution in [-0.4, -0.2) is 96.7 Å². The van der Waals surface area contributed by atoms with Gasteiger partial charge in [-0.05, 0) is 63.3 Å². The molecule has 1 aromatic carbocycles. The van der Waals surface area contributed by atoms with Crippen LogP contribution >= 0.6 is 0 Å². The summed E-state index contributed by atoms with van der Waals surface area (Å²) in [5, 5.41) is 16.8. The molecule has 1 atom stereocenters. The number of aryl methyl sites for hydroxylation is 1. The number of rotatable bonds is 10. The molecule has 4 fully saturated rings. The highest BCUT2D eigenvalue weighted by molar-refractivity contribution is 6.05. The van der Waals surface area contributed by atoms with Crippen LogP contribution in [0.15, 0.2) is 54.9 Å². The Labute approximate surface area is 272 Å². The second-order valence-electron chi connectivity index (χ2n) is 12.8. The number of carbonyl (C=O) groups excluding carboxylic acids is 1. The number of anilines is 3. The Morgan fingerprint density at radius 1 is 1.00 bits per heavy atom. The van der Waals surface area contributed by atoms with Crippen molar-refractivity contribution in [2.75, 3.05) is 68.5 Å². The zero-order chi connectivity index (χ0) is 32.2. The molecular weight excluding hydrogens is 580 g/mol. The number of nitrogens with one attached hydrogen (secondary N) is 3. The van der Waals surface area contributed by atoms with Crippen LogP contribution in [0.4, 0.5) is 17.1 Å². The van der Waals surface area contributed by atoms with Crippen LogP contribution in [0.2, 0.25) is 0 Å². The third kappa shape index (κ3) is 7.37. The van der Waals surface area contributed by atoms with Crippen LogP contribution < -0.4 is 20.3 Å². The van der Waals surface area contributed by atoms with Gasteiger partial charge in [0.2, 0.25) is 5.91 Å². The van der Waals surface area contributed by atoms with Crippen LogP contribution in [0.3, 0.4) is 0 Å². The van der Waals surface area contributed by atoms with Gasteiger partial charge in [-0.1, -0.05) is 12.6 Å². The highest BCUT2D eigenvalue weighted by atomic mass is 16.7. The largest absolute Gasteiger partial charge is 0.494 e. The molecule has 4 heterocycles. The van der Waals surface area contributed by atoms with Crippen LogP contribution in [0, 0.1) is 12.3 Å². The van der Waals surface area contributed by atoms with Crippen LogP contribution in [-0.2, 0) is 9.63 Å². The molecule has 3 N–H and O–H groups in total. The second kappa shape index (κ2) is 14.2. The molecule has 1 aliphatic carbocycles. The molecule has 0 bridgehead atoms. The van der Waals surface area contributed by atoms with Crippen molar-refractivity contribution < 1.29 is 14.4 Å². The maximum absolute atomic E-state index is 12.5. The number of pyridine rings is 1. The monoisotopic (exact) mass is 628 g/mol. The number of methoxy groups -OCH3 is 1. The smallest absolute Gasteiger partial charge is 0.247 e. The van der Waals surface area contributed by atoms with Gasteiger partial charge in [0, 0.05) is 87.5 Å². The van der Waals surface area contributed by atoms with E-state index in [4.69, 9.17) is 15.0 Å². The topological polar surface area (TPSA) is 109 Å². The first-order valence-corrected chi connectivity index (χ1v) is 16.6. The van der Waals surface area contributed by atoms with Gasteiger partial charge in [0.15, 0.2) is 0 Å². The number of nitrogens with zero attached hydrogens (tertiary/aromatic N) is 5. The van der Waals surface area contributed by atoms with E-state index >= 15 is 0 Å². The summed E-state index contributed by atoms with van der Waals surface area (Å²) in [7, 11) is 1.63. The Morgan fingerprint density at radius 2 is 1.70 bits per heavy atom. The summed E-state index contributed by atoms with van der Waals surface area (Å²) in [6.07, 6.45) is 10.7. The highest BCUT2D eigenvalue weighted by Gasteiger charge is 2.34. The van der Waals surface area contributed by atoms with Crippen molar-refractivity contribution in [1.82, 2.24) is 19.8 Å². The first kappa shape index (κ1) is 32.0. The van der Waals surface area contributed by atoms with E-state index in [1.807, 2.05) is 43.3 Å². The third-order valence-corrected chi connectivity index (χ3v) is 9.69. The lowest BCUT2D eigenvalue weighted by Crippen LogP contribution is -2.53. The first-order chi connectivity index (χ1) is 22.3. The molecule has 4 aliphatic rings. The van der Waals surface area contributed by atoms with Gasteiger partial charge >= 0.3 is 0 Å². The van der Waals surface area contributed by atoms with E-state index in [0.717, 1.165) is 74.1 Å². The van der Waals surface area contributed by atoms with Gasteiger partial charge in [-0.15, -0.1) is 0 Å². The molecular formula is C35H48N8O3. The number of hydrogen-bond donors (Lipinski definition) is 3. The SMILES string of the molecule is C=CC(=O)Nc1cc(NC(=N)/C=C(\C)N2OCC[C@@H]2c2ccc(C)nc2)c(OC)cc1N1CCC(N2CCN(C3CC3)CC2)CC1. The molecule has 2 aromatic rings. The molecule has 1 aromatic heterocycles. The minimum atomic E-state index is -0.283. The lowest BCUT2D eigenvalue weighted by Gasteiger charge is -2.43. The van der Waals surface area contributed by atoms with Crippen LogP contribution in [0.25, 0.3) is 0 Å². The fourth-order valence-electron chi connectivity index (χ4n) is 7.01. The summed E-state index contributed by atoms with van der Waals surface area (Å²) >= 11 is 0. The van der Waals surface area contributed by atoms with E-state index in [1.165, 1.54) is 32.0 Å². The van der Waals surface area contributed by atoms with Gasteiger partial charge in [0.1, 0.15) is 11.6 Å². The lowest BCUT2D eigenvalue weighted by molar-refractivity contribution is -0.111. The van der Waals surface area contributed by atoms with Crippen LogP contribution in [0.5, 0.6) is 5.75 Å². The number of ether oxygens (including phenoxy) is 1. The molecule has 0 radical (unpaired) electrons. The molecule has 246 valence electrons. The molecule has 0 spiro atoms. The minimum Gasteiger partial charge on any atom is -0.494 e. The molecule has 3 saturated heterocycles. The molecule has 11 heteroatoms. The zero-order valence-electron chi connectivity index (χ0n) is 27.4. The number of hydrogen-bond acceptors (Lipinski definition) is 9. The normalized spacial score (nSPS) is 21.7. The highest BCUT2D eigenvalue weighted by Crippen LogP contribution is 2.39. The molecule has 11 nitrogen and oxygen atoms in total. The Kier molecular flexibility index (Phi) is 9.91. The van der Waals surface area contributed by atoms with Crippen molar-refractivity contribution in [2.24, 2.45) is 0 Å². The van der Waals surface area contributed by atoms with Gasteiger partial charge in [-0.3, -0.25) is 34.9 Å². The minimum absolute atomic E-state index is 0.0307. The second-order valence-corrected chi connectivity index (χ2v) is 12.8. The van der Waals surface area contributed by atoms with Crippen molar-refractivity contribution in [3.8, 4) is 5.75 Å². The number of amidine groups is 1. The molecule has 0 unspecified atom stereocenters.